The maximum Gasteiger partial charge on any atom is 0.0692 e. The van der Waals surface area contributed by atoms with E-state index in [-0.39, 0.29) is 5.60 Å². The third kappa shape index (κ3) is 3.61. The zero-order chi connectivity index (χ0) is 13.7. The molecule has 19 heavy (non-hydrogen) atoms. The minimum absolute atomic E-state index is 0.116. The van der Waals surface area contributed by atoms with E-state index < -0.39 is 0 Å². The van der Waals surface area contributed by atoms with Crippen molar-refractivity contribution in [1.82, 2.24) is 9.88 Å². The van der Waals surface area contributed by atoms with E-state index in [1.807, 2.05) is 0 Å². The summed E-state index contributed by atoms with van der Waals surface area (Å²) in [6, 6.07) is 2.81. The second-order valence-electron chi connectivity index (χ2n) is 5.66. The van der Waals surface area contributed by atoms with Gasteiger partial charge in [-0.2, -0.15) is 0 Å². The van der Waals surface area contributed by atoms with Crippen LogP contribution >= 0.6 is 0 Å². The molecule has 2 rings (SSSR count). The zero-order valence-electron chi connectivity index (χ0n) is 12.6. The Morgan fingerprint density at radius 2 is 2.16 bits per heavy atom. The molecule has 1 aliphatic rings. The SMILES string of the molecule is CCn1ccc(CNC2CCOC(CC)(CC)C2)c1. The lowest BCUT2D eigenvalue weighted by Crippen LogP contribution is -2.46. The summed E-state index contributed by atoms with van der Waals surface area (Å²) in [5.74, 6) is 0. The molecule has 1 saturated heterocycles. The number of hydrogen-bond donors (Lipinski definition) is 1. The molecule has 0 aromatic carbocycles. The average molecular weight is 264 g/mol. The number of rotatable bonds is 6. The predicted molar refractivity (Wildman–Crippen MR) is 79.2 cm³/mol. The summed E-state index contributed by atoms with van der Waals surface area (Å²) in [7, 11) is 0. The van der Waals surface area contributed by atoms with Crippen molar-refractivity contribution in [2.24, 2.45) is 0 Å². The number of ether oxygens (including phenoxy) is 1. The Balaban J connectivity index is 1.85. The van der Waals surface area contributed by atoms with E-state index >= 15 is 0 Å². The van der Waals surface area contributed by atoms with Crippen molar-refractivity contribution >= 4 is 0 Å². The molecule has 108 valence electrons. The van der Waals surface area contributed by atoms with Gasteiger partial charge in [0.1, 0.15) is 0 Å². The Labute approximate surface area is 117 Å². The van der Waals surface area contributed by atoms with Crippen LogP contribution in [0.15, 0.2) is 18.5 Å². The van der Waals surface area contributed by atoms with Gasteiger partial charge >= 0.3 is 0 Å². The van der Waals surface area contributed by atoms with E-state index in [0.717, 1.165) is 45.4 Å². The zero-order valence-corrected chi connectivity index (χ0v) is 12.6. The van der Waals surface area contributed by atoms with Crippen molar-refractivity contribution in [3.63, 3.8) is 0 Å². The van der Waals surface area contributed by atoms with Crippen LogP contribution in [0.4, 0.5) is 0 Å². The Bertz CT molecular complexity index is 382. The second kappa shape index (κ2) is 6.58. The molecule has 3 nitrogen and oxygen atoms in total. The van der Waals surface area contributed by atoms with E-state index in [0.29, 0.717) is 6.04 Å². The maximum absolute atomic E-state index is 6.02. The van der Waals surface area contributed by atoms with Gasteiger partial charge in [-0.1, -0.05) is 13.8 Å². The van der Waals surface area contributed by atoms with Crippen LogP contribution in [0.3, 0.4) is 0 Å². The van der Waals surface area contributed by atoms with Crippen molar-refractivity contribution in [2.45, 2.75) is 71.2 Å². The lowest BCUT2D eigenvalue weighted by atomic mass is 9.86. The molecule has 1 aromatic rings. The standard InChI is InChI=1S/C16H28N2O/c1-4-16(5-2)11-15(8-10-19-16)17-12-14-7-9-18(6-3)13-14/h7,9,13,15,17H,4-6,8,10-12H2,1-3H3. The van der Waals surface area contributed by atoms with Crippen LogP contribution in [-0.2, 0) is 17.8 Å². The number of aryl methyl sites for hydroxylation is 1. The molecule has 0 aliphatic carbocycles. The van der Waals surface area contributed by atoms with Crippen molar-refractivity contribution in [3.05, 3.63) is 24.0 Å². The van der Waals surface area contributed by atoms with Crippen LogP contribution in [0.5, 0.6) is 0 Å². The Morgan fingerprint density at radius 1 is 1.37 bits per heavy atom. The fourth-order valence-corrected chi connectivity index (χ4v) is 3.00. The first kappa shape index (κ1) is 14.6. The number of nitrogens with one attached hydrogen (secondary N) is 1. The number of nitrogens with zero attached hydrogens (tertiary/aromatic N) is 1. The summed E-state index contributed by atoms with van der Waals surface area (Å²) in [5, 5.41) is 3.71. The molecule has 2 heterocycles. The lowest BCUT2D eigenvalue weighted by Gasteiger charge is -2.40. The average Bonchev–Trinajstić information content (AvgIpc) is 2.93. The largest absolute Gasteiger partial charge is 0.375 e. The van der Waals surface area contributed by atoms with E-state index in [1.54, 1.807) is 0 Å². The number of aromatic nitrogens is 1. The molecule has 1 aromatic heterocycles. The van der Waals surface area contributed by atoms with Crippen molar-refractivity contribution < 1.29 is 4.74 Å². The molecule has 1 unspecified atom stereocenters. The quantitative estimate of drug-likeness (QED) is 0.853. The van der Waals surface area contributed by atoms with Crippen molar-refractivity contribution in [3.8, 4) is 0 Å². The summed E-state index contributed by atoms with van der Waals surface area (Å²) in [6.07, 6.45) is 8.91. The first-order valence-corrected chi connectivity index (χ1v) is 7.73. The van der Waals surface area contributed by atoms with Gasteiger partial charge in [-0.25, -0.2) is 0 Å². The van der Waals surface area contributed by atoms with Gasteiger partial charge in [0, 0.05) is 38.1 Å². The fourth-order valence-electron chi connectivity index (χ4n) is 3.00. The highest BCUT2D eigenvalue weighted by Crippen LogP contribution is 2.31. The molecule has 0 spiro atoms. The summed E-state index contributed by atoms with van der Waals surface area (Å²) >= 11 is 0. The smallest absolute Gasteiger partial charge is 0.0692 e. The molecular weight excluding hydrogens is 236 g/mol. The van der Waals surface area contributed by atoms with Gasteiger partial charge in [0.05, 0.1) is 5.60 Å². The summed E-state index contributed by atoms with van der Waals surface area (Å²) in [4.78, 5) is 0. The van der Waals surface area contributed by atoms with Gasteiger partial charge in [-0.05, 0) is 44.2 Å². The van der Waals surface area contributed by atoms with Gasteiger partial charge < -0.3 is 14.6 Å². The summed E-state index contributed by atoms with van der Waals surface area (Å²) in [6.45, 7) is 9.58. The van der Waals surface area contributed by atoms with Gasteiger partial charge in [0.2, 0.25) is 0 Å². The van der Waals surface area contributed by atoms with Gasteiger partial charge in [0.15, 0.2) is 0 Å². The molecule has 1 N–H and O–H groups in total. The van der Waals surface area contributed by atoms with Gasteiger partial charge in [0.25, 0.3) is 0 Å². The van der Waals surface area contributed by atoms with E-state index in [2.05, 4.69) is 49.1 Å². The normalized spacial score (nSPS) is 22.6. The number of hydrogen-bond acceptors (Lipinski definition) is 2. The molecule has 1 aliphatic heterocycles. The highest BCUT2D eigenvalue weighted by Gasteiger charge is 2.34. The van der Waals surface area contributed by atoms with Crippen molar-refractivity contribution in [1.29, 1.82) is 0 Å². The first-order valence-electron chi connectivity index (χ1n) is 7.73. The van der Waals surface area contributed by atoms with E-state index in [4.69, 9.17) is 4.74 Å². The minimum atomic E-state index is 0.116. The third-order valence-electron chi connectivity index (χ3n) is 4.55. The molecule has 3 heteroatoms. The Kier molecular flexibility index (Phi) is 5.06. The topological polar surface area (TPSA) is 26.2 Å². The molecule has 1 fully saturated rings. The third-order valence-corrected chi connectivity index (χ3v) is 4.55. The monoisotopic (exact) mass is 264 g/mol. The summed E-state index contributed by atoms with van der Waals surface area (Å²) < 4.78 is 8.25. The van der Waals surface area contributed by atoms with Crippen LogP contribution in [0, 0.1) is 0 Å². The Hall–Kier alpha value is -0.800. The van der Waals surface area contributed by atoms with Crippen LogP contribution in [-0.4, -0.2) is 22.8 Å². The fraction of sp³-hybridized carbons (Fsp3) is 0.750. The van der Waals surface area contributed by atoms with Crippen LogP contribution in [0.1, 0.15) is 52.0 Å². The minimum Gasteiger partial charge on any atom is -0.375 e. The molecule has 0 amide bonds. The van der Waals surface area contributed by atoms with Crippen LogP contribution in [0.25, 0.3) is 0 Å². The first-order chi connectivity index (χ1) is 9.21. The second-order valence-corrected chi connectivity index (χ2v) is 5.66. The molecule has 0 bridgehead atoms. The van der Waals surface area contributed by atoms with Crippen molar-refractivity contribution in [2.75, 3.05) is 6.61 Å². The molecular formula is C16H28N2O. The molecule has 0 radical (unpaired) electrons. The van der Waals surface area contributed by atoms with Gasteiger partial charge in [-0.15, -0.1) is 0 Å². The lowest BCUT2D eigenvalue weighted by molar-refractivity contribution is -0.0932. The highest BCUT2D eigenvalue weighted by atomic mass is 16.5. The maximum atomic E-state index is 6.02. The highest BCUT2D eigenvalue weighted by molar-refractivity contribution is 5.10. The van der Waals surface area contributed by atoms with E-state index in [9.17, 15) is 0 Å². The van der Waals surface area contributed by atoms with Crippen LogP contribution < -0.4 is 5.32 Å². The predicted octanol–water partition coefficient (Wildman–Crippen LogP) is 3.34. The Morgan fingerprint density at radius 3 is 2.79 bits per heavy atom. The van der Waals surface area contributed by atoms with E-state index in [1.165, 1.54) is 5.56 Å². The summed E-state index contributed by atoms with van der Waals surface area (Å²) in [5.41, 5.74) is 1.50. The van der Waals surface area contributed by atoms with Gasteiger partial charge in [-0.3, -0.25) is 0 Å². The van der Waals surface area contributed by atoms with Crippen LogP contribution in [0.2, 0.25) is 0 Å². The molecule has 0 saturated carbocycles. The molecule has 1 atom stereocenters.